The van der Waals surface area contributed by atoms with Gasteiger partial charge in [0.25, 0.3) is 0 Å². The summed E-state index contributed by atoms with van der Waals surface area (Å²) in [5, 5.41) is 8.97. The van der Waals surface area contributed by atoms with Crippen molar-refractivity contribution in [1.82, 2.24) is 14.8 Å². The molecule has 0 spiro atoms. The third kappa shape index (κ3) is 4.66. The lowest BCUT2D eigenvalue weighted by atomic mass is 9.96. The molecule has 0 saturated heterocycles. The fourth-order valence-electron chi connectivity index (χ4n) is 3.47. The highest BCUT2D eigenvalue weighted by atomic mass is 35.5. The second-order valence-corrected chi connectivity index (χ2v) is 8.65. The molecule has 1 aliphatic rings. The highest BCUT2D eigenvalue weighted by Crippen LogP contribution is 2.37. The molecule has 0 saturated carbocycles. The summed E-state index contributed by atoms with van der Waals surface area (Å²) in [5.41, 5.74) is 2.54. The number of thioether (sulfide) groups is 1. The lowest BCUT2D eigenvalue weighted by Gasteiger charge is -2.28. The van der Waals surface area contributed by atoms with E-state index in [1.165, 1.54) is 23.9 Å². The molecule has 6 nitrogen and oxygen atoms in total. The van der Waals surface area contributed by atoms with Crippen LogP contribution in [0.2, 0.25) is 5.02 Å². The first-order valence-electron chi connectivity index (χ1n) is 10.2. The van der Waals surface area contributed by atoms with E-state index in [-0.39, 0.29) is 0 Å². The van der Waals surface area contributed by atoms with Crippen LogP contribution in [0.5, 0.6) is 0 Å². The van der Waals surface area contributed by atoms with Gasteiger partial charge in [0.05, 0.1) is 12.2 Å². The topological polar surface area (TPSA) is 69.0 Å². The first-order valence-corrected chi connectivity index (χ1v) is 11.6. The molecule has 1 unspecified atom stereocenters. The highest BCUT2D eigenvalue weighted by Gasteiger charge is 2.35. The predicted octanol–water partition coefficient (Wildman–Crippen LogP) is 5.61. The Hall–Kier alpha value is -2.84. The van der Waals surface area contributed by atoms with Crippen LogP contribution in [0.15, 0.2) is 65.0 Å². The smallest absolute Gasteiger partial charge is 0.338 e. The Bertz CT molecular complexity index is 1180. The molecule has 2 heterocycles. The average molecular weight is 473 g/mol. The van der Waals surface area contributed by atoms with Crippen LogP contribution in [0.25, 0.3) is 0 Å². The summed E-state index contributed by atoms with van der Waals surface area (Å²) in [6, 6.07) is 13.1. The molecular formula is C23H22ClFN4O2S. The van der Waals surface area contributed by atoms with Crippen molar-refractivity contribution < 1.29 is 13.9 Å². The van der Waals surface area contributed by atoms with Gasteiger partial charge in [0.1, 0.15) is 11.9 Å². The molecular weight excluding hydrogens is 451 g/mol. The van der Waals surface area contributed by atoms with Crippen molar-refractivity contribution in [3.63, 3.8) is 0 Å². The molecule has 1 atom stereocenters. The van der Waals surface area contributed by atoms with E-state index in [1.54, 1.807) is 23.7 Å². The minimum absolute atomic E-state index is 0.300. The van der Waals surface area contributed by atoms with Crippen LogP contribution in [0, 0.1) is 5.82 Å². The second-order valence-electron chi connectivity index (χ2n) is 7.30. The van der Waals surface area contributed by atoms with Gasteiger partial charge in [-0.05, 0) is 42.7 Å². The first kappa shape index (κ1) is 22.4. The van der Waals surface area contributed by atoms with E-state index >= 15 is 0 Å². The molecule has 32 heavy (non-hydrogen) atoms. The van der Waals surface area contributed by atoms with Gasteiger partial charge in [0, 0.05) is 16.5 Å². The minimum Gasteiger partial charge on any atom is -0.462 e. The first-order chi connectivity index (χ1) is 15.5. The molecule has 0 radical (unpaired) electrons. The van der Waals surface area contributed by atoms with Gasteiger partial charge in [-0.15, -0.1) is 5.10 Å². The van der Waals surface area contributed by atoms with Gasteiger partial charge in [0.15, 0.2) is 0 Å². The number of aromatic nitrogens is 3. The quantitative estimate of drug-likeness (QED) is 0.356. The number of allylic oxidation sites excluding steroid dienone is 1. The van der Waals surface area contributed by atoms with Crippen molar-refractivity contribution in [2.24, 2.45) is 0 Å². The number of benzene rings is 2. The summed E-state index contributed by atoms with van der Waals surface area (Å²) >= 11 is 7.69. The molecule has 0 aliphatic carbocycles. The van der Waals surface area contributed by atoms with E-state index in [0.29, 0.717) is 51.7 Å². The van der Waals surface area contributed by atoms with Crippen LogP contribution in [-0.2, 0) is 15.3 Å². The number of nitrogens with one attached hydrogen (secondary N) is 1. The van der Waals surface area contributed by atoms with Crippen LogP contribution < -0.4 is 5.32 Å². The summed E-state index contributed by atoms with van der Waals surface area (Å²) in [6.45, 7) is 4.01. The van der Waals surface area contributed by atoms with E-state index in [0.717, 1.165) is 5.56 Å². The van der Waals surface area contributed by atoms with Crippen LogP contribution in [0.3, 0.4) is 0 Å². The fraction of sp³-hybridized carbons (Fsp3) is 0.261. The molecule has 166 valence electrons. The van der Waals surface area contributed by atoms with Gasteiger partial charge >= 0.3 is 5.97 Å². The number of hydrogen-bond acceptors (Lipinski definition) is 6. The third-order valence-corrected chi connectivity index (χ3v) is 6.22. The molecule has 1 aliphatic heterocycles. The Labute approximate surface area is 194 Å². The predicted molar refractivity (Wildman–Crippen MR) is 123 cm³/mol. The van der Waals surface area contributed by atoms with Crippen LogP contribution >= 0.6 is 23.4 Å². The van der Waals surface area contributed by atoms with E-state index in [4.69, 9.17) is 16.3 Å². The number of nitrogens with zero attached hydrogens (tertiary/aromatic N) is 3. The summed E-state index contributed by atoms with van der Waals surface area (Å²) in [4.78, 5) is 17.5. The summed E-state index contributed by atoms with van der Waals surface area (Å²) in [6.07, 6.45) is 0.702. The zero-order valence-electron chi connectivity index (χ0n) is 17.6. The number of ether oxygens (including phenoxy) is 1. The normalized spacial score (nSPS) is 15.3. The lowest BCUT2D eigenvalue weighted by Crippen LogP contribution is -2.29. The van der Waals surface area contributed by atoms with Gasteiger partial charge in [-0.1, -0.05) is 60.6 Å². The Morgan fingerprint density at radius 2 is 2.09 bits per heavy atom. The fourth-order valence-corrected chi connectivity index (χ4v) is 4.59. The summed E-state index contributed by atoms with van der Waals surface area (Å²) in [5.74, 6) is 0.212. The minimum atomic E-state index is -0.659. The van der Waals surface area contributed by atoms with Gasteiger partial charge in [-0.2, -0.15) is 4.98 Å². The third-order valence-electron chi connectivity index (χ3n) is 4.97. The van der Waals surface area contributed by atoms with Crippen LogP contribution in [0.4, 0.5) is 10.3 Å². The second kappa shape index (κ2) is 9.75. The van der Waals surface area contributed by atoms with E-state index < -0.39 is 17.8 Å². The Kier molecular flexibility index (Phi) is 6.81. The Morgan fingerprint density at radius 3 is 2.84 bits per heavy atom. The summed E-state index contributed by atoms with van der Waals surface area (Å²) < 4.78 is 21.1. The average Bonchev–Trinajstić information content (AvgIpc) is 3.18. The zero-order chi connectivity index (χ0) is 22.7. The number of hydrogen-bond donors (Lipinski definition) is 1. The van der Waals surface area contributed by atoms with Crippen molar-refractivity contribution in [2.45, 2.75) is 37.2 Å². The summed E-state index contributed by atoms with van der Waals surface area (Å²) in [7, 11) is 0. The largest absolute Gasteiger partial charge is 0.462 e. The molecule has 0 fully saturated rings. The maximum atomic E-state index is 14.1. The van der Waals surface area contributed by atoms with Crippen molar-refractivity contribution in [1.29, 1.82) is 0 Å². The van der Waals surface area contributed by atoms with E-state index in [9.17, 15) is 9.18 Å². The van der Waals surface area contributed by atoms with E-state index in [1.807, 2.05) is 31.2 Å². The standard InChI is InChI=1S/C23H22ClFN4O2S/c1-3-11-31-21(30)19-14(2)26-22-27-23(32-13-16-7-4-5-10-18(16)24)28-29(22)20(19)15-8-6-9-17(25)12-15/h4-10,12,20H,3,11,13H2,1-2H3,(H,26,27,28). The van der Waals surface area contributed by atoms with Gasteiger partial charge < -0.3 is 10.1 Å². The number of rotatable bonds is 7. The number of fused-ring (bicyclic) bond motifs is 1. The van der Waals surface area contributed by atoms with Gasteiger partial charge in [-0.3, -0.25) is 0 Å². The van der Waals surface area contributed by atoms with Crippen LogP contribution in [-0.4, -0.2) is 27.3 Å². The number of carbonyl (C=O) groups excluding carboxylic acids is 1. The van der Waals surface area contributed by atoms with Crippen molar-refractivity contribution in [3.8, 4) is 0 Å². The van der Waals surface area contributed by atoms with Crippen molar-refractivity contribution >= 4 is 35.3 Å². The van der Waals surface area contributed by atoms with Gasteiger partial charge in [-0.25, -0.2) is 13.9 Å². The maximum Gasteiger partial charge on any atom is 0.338 e. The molecule has 0 amide bonds. The monoisotopic (exact) mass is 472 g/mol. The van der Waals surface area contributed by atoms with Crippen molar-refractivity contribution in [3.05, 3.63) is 81.8 Å². The molecule has 1 N–H and O–H groups in total. The zero-order valence-corrected chi connectivity index (χ0v) is 19.2. The number of halogens is 2. The lowest BCUT2D eigenvalue weighted by molar-refractivity contribution is -0.139. The molecule has 4 rings (SSSR count). The molecule has 3 aromatic rings. The maximum absolute atomic E-state index is 14.1. The Morgan fingerprint density at radius 1 is 1.28 bits per heavy atom. The molecule has 1 aromatic heterocycles. The van der Waals surface area contributed by atoms with Crippen molar-refractivity contribution in [2.75, 3.05) is 11.9 Å². The number of esters is 1. The molecule has 2 aromatic carbocycles. The van der Waals surface area contributed by atoms with Gasteiger partial charge in [0.2, 0.25) is 11.1 Å². The molecule has 9 heteroatoms. The Balaban J connectivity index is 1.69. The highest BCUT2D eigenvalue weighted by molar-refractivity contribution is 7.98. The van der Waals surface area contributed by atoms with E-state index in [2.05, 4.69) is 15.4 Å². The number of anilines is 1. The molecule has 0 bridgehead atoms. The van der Waals surface area contributed by atoms with Crippen LogP contribution in [0.1, 0.15) is 37.4 Å². The SMILES string of the molecule is CCCOC(=O)C1=C(C)Nc2nc(SCc3ccccc3Cl)nn2C1c1cccc(F)c1. The number of carbonyl (C=O) groups is 1.